The third-order valence-corrected chi connectivity index (χ3v) is 5.95. The summed E-state index contributed by atoms with van der Waals surface area (Å²) in [6, 6.07) is 7.87. The van der Waals surface area contributed by atoms with E-state index < -0.39 is 0 Å². The van der Waals surface area contributed by atoms with Crippen LogP contribution in [-0.2, 0) is 16.0 Å². The van der Waals surface area contributed by atoms with Crippen molar-refractivity contribution in [2.24, 2.45) is 5.92 Å². The normalized spacial score (nSPS) is 19.3. The number of hydrogen-bond donors (Lipinski definition) is 1. The van der Waals surface area contributed by atoms with Crippen LogP contribution >= 0.6 is 0 Å². The summed E-state index contributed by atoms with van der Waals surface area (Å²) in [4.78, 5) is 29.5. The number of amides is 2. The molecule has 0 spiro atoms. The molecule has 2 amide bonds. The predicted octanol–water partition coefficient (Wildman–Crippen LogP) is 2.95. The Labute approximate surface area is 166 Å². The molecule has 1 N–H and O–H groups in total. The van der Waals surface area contributed by atoms with E-state index in [1.165, 1.54) is 0 Å². The number of H-pyrrole nitrogens is 1. The van der Waals surface area contributed by atoms with Crippen molar-refractivity contribution in [3.8, 4) is 0 Å². The van der Waals surface area contributed by atoms with Crippen LogP contribution in [0.1, 0.15) is 47.5 Å². The topological polar surface area (TPSA) is 69.3 Å². The van der Waals surface area contributed by atoms with Crippen LogP contribution in [0.4, 0.5) is 0 Å². The largest absolute Gasteiger partial charge is 0.345 e. The summed E-state index contributed by atoms with van der Waals surface area (Å²) in [7, 11) is 1.83. The first-order valence-corrected chi connectivity index (χ1v) is 9.95. The molecule has 1 aromatic heterocycles. The molecule has 3 rings (SSSR count). The molecule has 2 atom stereocenters. The van der Waals surface area contributed by atoms with E-state index in [9.17, 15) is 9.59 Å². The van der Waals surface area contributed by atoms with Gasteiger partial charge in [-0.15, -0.1) is 0 Å². The minimum absolute atomic E-state index is 0.0383. The molecule has 6 heteroatoms. The first-order valence-electron chi connectivity index (χ1n) is 9.95. The second-order valence-electron chi connectivity index (χ2n) is 7.71. The van der Waals surface area contributed by atoms with E-state index in [4.69, 9.17) is 0 Å². The third kappa shape index (κ3) is 3.68. The number of aromatic amines is 1. The van der Waals surface area contributed by atoms with Crippen molar-refractivity contribution in [2.45, 2.75) is 46.6 Å². The average molecular weight is 383 g/mol. The molecular formula is C22H30N4O2. The molecule has 1 aliphatic heterocycles. The van der Waals surface area contributed by atoms with E-state index >= 15 is 0 Å². The number of carbonyl (C=O) groups is 2. The molecule has 0 unspecified atom stereocenters. The molecule has 2 heterocycles. The quantitative estimate of drug-likeness (QED) is 0.835. The molecule has 28 heavy (non-hydrogen) atoms. The summed E-state index contributed by atoms with van der Waals surface area (Å²) in [6.45, 7) is 9.21. The van der Waals surface area contributed by atoms with Crippen molar-refractivity contribution >= 4 is 11.8 Å². The second kappa shape index (κ2) is 8.17. The molecule has 0 saturated carbocycles. The standard InChI is InChI=1S/C22H30N4O2/c1-6-26-20(27)13-19(21(26)17-10-8-7-9-14(17)2)22(28)25(5)12-11-18-15(3)23-24-16(18)4/h7-10,19,21H,6,11-13H2,1-5H3,(H,23,24)/t19-,21+/m1/s1. The van der Waals surface area contributed by atoms with Gasteiger partial charge in [-0.05, 0) is 50.8 Å². The van der Waals surface area contributed by atoms with Crippen LogP contribution in [0.2, 0.25) is 0 Å². The SMILES string of the molecule is CCN1C(=O)C[C@@H](C(=O)N(C)CCc2c(C)n[nH]c2C)[C@@H]1c1ccccc1C. The lowest BCUT2D eigenvalue weighted by Gasteiger charge is -2.30. The number of aromatic nitrogens is 2. The first-order chi connectivity index (χ1) is 13.3. The molecule has 6 nitrogen and oxygen atoms in total. The van der Waals surface area contributed by atoms with Gasteiger partial charge in [0.25, 0.3) is 0 Å². The number of nitrogens with one attached hydrogen (secondary N) is 1. The first kappa shape index (κ1) is 20.1. The van der Waals surface area contributed by atoms with Gasteiger partial charge in [0.1, 0.15) is 0 Å². The van der Waals surface area contributed by atoms with E-state index in [1.807, 2.05) is 63.9 Å². The van der Waals surface area contributed by atoms with Gasteiger partial charge in [0.05, 0.1) is 17.7 Å². The van der Waals surface area contributed by atoms with E-state index in [-0.39, 0.29) is 30.2 Å². The number of aryl methyl sites for hydroxylation is 3. The monoisotopic (exact) mass is 382 g/mol. The fraction of sp³-hybridized carbons (Fsp3) is 0.500. The fourth-order valence-electron chi connectivity index (χ4n) is 4.30. The second-order valence-corrected chi connectivity index (χ2v) is 7.71. The lowest BCUT2D eigenvalue weighted by molar-refractivity contribution is -0.135. The Morgan fingerprint density at radius 2 is 2.00 bits per heavy atom. The zero-order valence-electron chi connectivity index (χ0n) is 17.5. The maximum absolute atomic E-state index is 13.3. The number of carbonyl (C=O) groups excluding carboxylic acids is 2. The number of benzene rings is 1. The highest BCUT2D eigenvalue weighted by Crippen LogP contribution is 2.40. The fourth-order valence-corrected chi connectivity index (χ4v) is 4.30. The van der Waals surface area contributed by atoms with Crippen LogP contribution in [0.5, 0.6) is 0 Å². The van der Waals surface area contributed by atoms with Gasteiger partial charge in [-0.1, -0.05) is 24.3 Å². The number of likely N-dealkylation sites (N-methyl/N-ethyl adjacent to an activating group) is 1. The Morgan fingerprint density at radius 3 is 2.61 bits per heavy atom. The highest BCUT2D eigenvalue weighted by atomic mass is 16.2. The number of hydrogen-bond acceptors (Lipinski definition) is 3. The summed E-state index contributed by atoms with van der Waals surface area (Å²) >= 11 is 0. The van der Waals surface area contributed by atoms with Gasteiger partial charge in [0.15, 0.2) is 0 Å². The van der Waals surface area contributed by atoms with Gasteiger partial charge in [-0.25, -0.2) is 0 Å². The number of rotatable bonds is 6. The van der Waals surface area contributed by atoms with E-state index in [0.717, 1.165) is 34.5 Å². The van der Waals surface area contributed by atoms with Crippen LogP contribution in [0.15, 0.2) is 24.3 Å². The lowest BCUT2D eigenvalue weighted by Crippen LogP contribution is -2.38. The molecule has 1 fully saturated rings. The van der Waals surface area contributed by atoms with Crippen LogP contribution < -0.4 is 0 Å². The summed E-state index contributed by atoms with van der Waals surface area (Å²) in [6.07, 6.45) is 1.03. The maximum atomic E-state index is 13.3. The number of likely N-dealkylation sites (tertiary alicyclic amines) is 1. The molecule has 1 saturated heterocycles. The molecule has 1 aliphatic rings. The van der Waals surface area contributed by atoms with Gasteiger partial charge >= 0.3 is 0 Å². The zero-order valence-corrected chi connectivity index (χ0v) is 17.5. The van der Waals surface area contributed by atoms with Crippen molar-refractivity contribution in [2.75, 3.05) is 20.1 Å². The van der Waals surface area contributed by atoms with Crippen LogP contribution in [0.25, 0.3) is 0 Å². The number of nitrogens with zero attached hydrogens (tertiary/aromatic N) is 3. The molecule has 0 aliphatic carbocycles. The van der Waals surface area contributed by atoms with E-state index in [2.05, 4.69) is 10.2 Å². The highest BCUT2D eigenvalue weighted by Gasteiger charge is 2.45. The van der Waals surface area contributed by atoms with E-state index in [0.29, 0.717) is 13.1 Å². The highest BCUT2D eigenvalue weighted by molar-refractivity contribution is 5.90. The van der Waals surface area contributed by atoms with Crippen LogP contribution in [-0.4, -0.2) is 51.9 Å². The van der Waals surface area contributed by atoms with Crippen LogP contribution in [0, 0.1) is 26.7 Å². The molecule has 0 radical (unpaired) electrons. The lowest BCUT2D eigenvalue weighted by atomic mass is 9.89. The van der Waals surface area contributed by atoms with Crippen molar-refractivity contribution in [1.82, 2.24) is 20.0 Å². The van der Waals surface area contributed by atoms with Crippen molar-refractivity contribution in [1.29, 1.82) is 0 Å². The smallest absolute Gasteiger partial charge is 0.228 e. The average Bonchev–Trinajstić information content (AvgIpc) is 3.18. The third-order valence-electron chi connectivity index (χ3n) is 5.95. The molecule has 2 aromatic rings. The Hall–Kier alpha value is -2.63. The summed E-state index contributed by atoms with van der Waals surface area (Å²) in [5.41, 5.74) is 5.37. The molecule has 150 valence electrons. The van der Waals surface area contributed by atoms with Gasteiger partial charge in [0.2, 0.25) is 11.8 Å². The minimum Gasteiger partial charge on any atom is -0.345 e. The summed E-state index contributed by atoms with van der Waals surface area (Å²) in [5, 5.41) is 7.22. The molecule has 0 bridgehead atoms. The van der Waals surface area contributed by atoms with Crippen molar-refractivity contribution in [3.63, 3.8) is 0 Å². The summed E-state index contributed by atoms with van der Waals surface area (Å²) < 4.78 is 0. The van der Waals surface area contributed by atoms with Gasteiger partial charge in [-0.3, -0.25) is 14.7 Å². The molecular weight excluding hydrogens is 352 g/mol. The molecule has 1 aromatic carbocycles. The van der Waals surface area contributed by atoms with Gasteiger partial charge in [-0.2, -0.15) is 5.10 Å². The Kier molecular flexibility index (Phi) is 5.87. The van der Waals surface area contributed by atoms with Crippen molar-refractivity contribution in [3.05, 3.63) is 52.3 Å². The maximum Gasteiger partial charge on any atom is 0.228 e. The van der Waals surface area contributed by atoms with Crippen molar-refractivity contribution < 1.29 is 9.59 Å². The Balaban J connectivity index is 1.80. The minimum atomic E-state index is -0.343. The Bertz CT molecular complexity index is 854. The van der Waals surface area contributed by atoms with E-state index in [1.54, 1.807) is 4.90 Å². The predicted molar refractivity (Wildman–Crippen MR) is 109 cm³/mol. The van der Waals surface area contributed by atoms with Crippen LogP contribution in [0.3, 0.4) is 0 Å². The zero-order chi connectivity index (χ0) is 20.4. The Morgan fingerprint density at radius 1 is 1.29 bits per heavy atom. The van der Waals surface area contributed by atoms with Gasteiger partial charge < -0.3 is 9.80 Å². The van der Waals surface area contributed by atoms with Gasteiger partial charge in [0, 0.05) is 32.3 Å². The summed E-state index contributed by atoms with van der Waals surface area (Å²) in [5.74, 6) is -0.245.